The number of hydrogen-bond acceptors (Lipinski definition) is 4. The Morgan fingerprint density at radius 3 is 2.19 bits per heavy atom. The number of hydrogen-bond donors (Lipinski definition) is 1. The van der Waals surface area contributed by atoms with E-state index in [-0.39, 0.29) is 17.2 Å². The molecule has 5 nitrogen and oxygen atoms in total. The van der Waals surface area contributed by atoms with Crippen LogP contribution < -0.4 is 5.32 Å². The van der Waals surface area contributed by atoms with E-state index in [2.05, 4.69) is 15.5 Å². The van der Waals surface area contributed by atoms with Crippen LogP contribution in [0.4, 0.5) is 0 Å². The van der Waals surface area contributed by atoms with Gasteiger partial charge in [0.1, 0.15) is 0 Å². The fourth-order valence-corrected chi connectivity index (χ4v) is 3.42. The lowest BCUT2D eigenvalue weighted by molar-refractivity contribution is -0.120. The number of para-hydroxylation sites is 1. The molecular formula is C20H22N4OS. The van der Waals surface area contributed by atoms with Gasteiger partial charge >= 0.3 is 0 Å². The second-order valence-electron chi connectivity index (χ2n) is 6.27. The number of benzene rings is 2. The molecule has 0 saturated carbocycles. The van der Waals surface area contributed by atoms with Gasteiger partial charge in [0, 0.05) is 17.3 Å². The molecule has 1 heterocycles. The van der Waals surface area contributed by atoms with Crippen LogP contribution in [0, 0.1) is 0 Å². The molecule has 0 aliphatic carbocycles. The molecule has 134 valence electrons. The summed E-state index contributed by atoms with van der Waals surface area (Å²) < 4.78 is 2.00. The van der Waals surface area contributed by atoms with Gasteiger partial charge in [-0.1, -0.05) is 60.3 Å². The van der Waals surface area contributed by atoms with Crippen molar-refractivity contribution < 1.29 is 4.79 Å². The van der Waals surface area contributed by atoms with E-state index in [0.717, 1.165) is 17.1 Å². The lowest BCUT2D eigenvalue weighted by Gasteiger charge is -2.15. The number of rotatable bonds is 6. The number of nitrogens with one attached hydrogen (secondary N) is 1. The smallest absolute Gasteiger partial charge is 0.233 e. The van der Waals surface area contributed by atoms with Gasteiger partial charge in [-0.25, -0.2) is 0 Å². The van der Waals surface area contributed by atoms with Crippen LogP contribution in [0.5, 0.6) is 0 Å². The minimum Gasteiger partial charge on any atom is -0.353 e. The van der Waals surface area contributed by atoms with E-state index in [1.165, 1.54) is 11.8 Å². The molecule has 1 amide bonds. The quantitative estimate of drug-likeness (QED) is 0.671. The van der Waals surface area contributed by atoms with Crippen LogP contribution in [0.1, 0.15) is 20.8 Å². The van der Waals surface area contributed by atoms with E-state index in [1.807, 2.05) is 86.0 Å². The molecule has 6 heteroatoms. The van der Waals surface area contributed by atoms with E-state index in [0.29, 0.717) is 5.16 Å². The molecule has 1 aromatic heterocycles. The van der Waals surface area contributed by atoms with Crippen molar-refractivity contribution in [2.24, 2.45) is 0 Å². The van der Waals surface area contributed by atoms with Gasteiger partial charge in [-0.2, -0.15) is 0 Å². The summed E-state index contributed by atoms with van der Waals surface area (Å²) in [6, 6.07) is 20.0. The van der Waals surface area contributed by atoms with Crippen LogP contribution in [0.3, 0.4) is 0 Å². The number of thioether (sulfide) groups is 1. The Hall–Kier alpha value is -2.60. The van der Waals surface area contributed by atoms with E-state index >= 15 is 0 Å². The average molecular weight is 366 g/mol. The van der Waals surface area contributed by atoms with Crippen molar-refractivity contribution in [3.05, 3.63) is 60.7 Å². The fraction of sp³-hybridized carbons (Fsp3) is 0.250. The Morgan fingerprint density at radius 2 is 1.58 bits per heavy atom. The van der Waals surface area contributed by atoms with Gasteiger partial charge < -0.3 is 5.32 Å². The second kappa shape index (κ2) is 8.19. The predicted molar refractivity (Wildman–Crippen MR) is 105 cm³/mol. The molecule has 0 aliphatic heterocycles. The summed E-state index contributed by atoms with van der Waals surface area (Å²) in [5.74, 6) is 0.754. The maximum atomic E-state index is 12.3. The van der Waals surface area contributed by atoms with Crippen molar-refractivity contribution in [2.45, 2.75) is 37.2 Å². The van der Waals surface area contributed by atoms with Crippen LogP contribution >= 0.6 is 11.8 Å². The minimum atomic E-state index is -0.271. The Bertz CT molecular complexity index is 862. The maximum absolute atomic E-state index is 12.3. The topological polar surface area (TPSA) is 59.8 Å². The van der Waals surface area contributed by atoms with E-state index < -0.39 is 0 Å². The standard InChI is InChI=1S/C20H22N4OS/c1-14(2)21-19(25)15(3)26-20-23-22-18(16-10-6-4-7-11-16)24(20)17-12-8-5-9-13-17/h4-15H,1-3H3,(H,21,25)/t15-/m0/s1. The normalized spacial score (nSPS) is 12.2. The van der Waals surface area contributed by atoms with Gasteiger partial charge in [-0.05, 0) is 32.9 Å². The Labute approximate surface area is 157 Å². The van der Waals surface area contributed by atoms with Gasteiger partial charge in [-0.15, -0.1) is 10.2 Å². The monoisotopic (exact) mass is 366 g/mol. The minimum absolute atomic E-state index is 0.00567. The zero-order chi connectivity index (χ0) is 18.5. The molecule has 0 saturated heterocycles. The maximum Gasteiger partial charge on any atom is 0.233 e. The molecule has 0 aliphatic rings. The number of carbonyl (C=O) groups excluding carboxylic acids is 1. The van der Waals surface area contributed by atoms with Crippen molar-refractivity contribution in [3.63, 3.8) is 0 Å². The number of nitrogens with zero attached hydrogens (tertiary/aromatic N) is 3. The first-order valence-electron chi connectivity index (χ1n) is 8.59. The van der Waals surface area contributed by atoms with Gasteiger partial charge in [0.15, 0.2) is 11.0 Å². The highest BCUT2D eigenvalue weighted by molar-refractivity contribution is 8.00. The fourth-order valence-electron chi connectivity index (χ4n) is 2.54. The molecule has 26 heavy (non-hydrogen) atoms. The summed E-state index contributed by atoms with van der Waals surface area (Å²) in [6.45, 7) is 5.79. The Morgan fingerprint density at radius 1 is 0.962 bits per heavy atom. The van der Waals surface area contributed by atoms with Crippen molar-refractivity contribution in [3.8, 4) is 17.1 Å². The Balaban J connectivity index is 1.98. The first-order valence-corrected chi connectivity index (χ1v) is 9.47. The van der Waals surface area contributed by atoms with Gasteiger partial charge in [-0.3, -0.25) is 9.36 Å². The van der Waals surface area contributed by atoms with Crippen LogP contribution in [0.25, 0.3) is 17.1 Å². The first-order chi connectivity index (χ1) is 12.6. The van der Waals surface area contributed by atoms with Crippen molar-refractivity contribution in [1.82, 2.24) is 20.1 Å². The highest BCUT2D eigenvalue weighted by Crippen LogP contribution is 2.30. The first kappa shape index (κ1) is 18.2. The third kappa shape index (κ3) is 4.14. The van der Waals surface area contributed by atoms with Crippen LogP contribution in [-0.4, -0.2) is 32.0 Å². The van der Waals surface area contributed by atoms with Gasteiger partial charge in [0.25, 0.3) is 0 Å². The van der Waals surface area contributed by atoms with E-state index in [4.69, 9.17) is 0 Å². The van der Waals surface area contributed by atoms with Crippen LogP contribution in [0.2, 0.25) is 0 Å². The average Bonchev–Trinajstić information content (AvgIpc) is 3.06. The van der Waals surface area contributed by atoms with Crippen LogP contribution in [0.15, 0.2) is 65.8 Å². The van der Waals surface area contributed by atoms with Gasteiger partial charge in [0.05, 0.1) is 5.25 Å². The van der Waals surface area contributed by atoms with E-state index in [1.54, 1.807) is 0 Å². The molecule has 0 bridgehead atoms. The summed E-state index contributed by atoms with van der Waals surface area (Å²) in [6.07, 6.45) is 0. The van der Waals surface area contributed by atoms with Crippen molar-refractivity contribution in [1.29, 1.82) is 0 Å². The molecular weight excluding hydrogens is 344 g/mol. The molecule has 1 N–H and O–H groups in total. The molecule has 2 aromatic carbocycles. The lowest BCUT2D eigenvalue weighted by Crippen LogP contribution is -2.36. The number of amides is 1. The molecule has 0 spiro atoms. The molecule has 0 unspecified atom stereocenters. The molecule has 3 aromatic rings. The molecule has 0 fully saturated rings. The SMILES string of the molecule is CC(C)NC(=O)[C@H](C)Sc1nnc(-c2ccccc2)n1-c1ccccc1. The third-order valence-electron chi connectivity index (χ3n) is 3.76. The Kier molecular flexibility index (Phi) is 5.73. The van der Waals surface area contributed by atoms with Crippen molar-refractivity contribution >= 4 is 17.7 Å². The number of aromatic nitrogens is 3. The second-order valence-corrected chi connectivity index (χ2v) is 7.57. The highest BCUT2D eigenvalue weighted by Gasteiger charge is 2.22. The lowest BCUT2D eigenvalue weighted by atomic mass is 10.2. The summed E-state index contributed by atoms with van der Waals surface area (Å²) in [7, 11) is 0. The zero-order valence-corrected chi connectivity index (χ0v) is 15.9. The summed E-state index contributed by atoms with van der Waals surface area (Å²) in [5.41, 5.74) is 1.95. The third-order valence-corrected chi connectivity index (χ3v) is 4.80. The molecule has 3 rings (SSSR count). The zero-order valence-electron chi connectivity index (χ0n) is 15.1. The summed E-state index contributed by atoms with van der Waals surface area (Å²) in [5, 5.41) is 12.1. The molecule has 1 atom stereocenters. The van der Waals surface area contributed by atoms with Crippen molar-refractivity contribution in [2.75, 3.05) is 0 Å². The summed E-state index contributed by atoms with van der Waals surface area (Å²) >= 11 is 1.41. The van der Waals surface area contributed by atoms with E-state index in [9.17, 15) is 4.79 Å². The molecule has 0 radical (unpaired) electrons. The largest absolute Gasteiger partial charge is 0.353 e. The van der Waals surface area contributed by atoms with Crippen LogP contribution in [-0.2, 0) is 4.79 Å². The summed E-state index contributed by atoms with van der Waals surface area (Å²) in [4.78, 5) is 12.3. The highest BCUT2D eigenvalue weighted by atomic mass is 32.2. The van der Waals surface area contributed by atoms with Gasteiger partial charge in [0.2, 0.25) is 5.91 Å². The number of carbonyl (C=O) groups is 1. The predicted octanol–water partition coefficient (Wildman–Crippen LogP) is 3.94.